The molecule has 1 aromatic heterocycles. The maximum Gasteiger partial charge on any atom is 0.230 e. The lowest BCUT2D eigenvalue weighted by molar-refractivity contribution is 0.439. The molecule has 5 heteroatoms. The second-order valence-corrected chi connectivity index (χ2v) is 5.20. The number of rotatable bonds is 2. The smallest absolute Gasteiger partial charge is 0.230 e. The molecule has 1 heterocycles. The van der Waals surface area contributed by atoms with E-state index in [1.54, 1.807) is 12.1 Å². The number of anilines is 1. The van der Waals surface area contributed by atoms with E-state index in [1.165, 1.54) is 12.1 Å². The number of nitrogen functional groups attached to an aromatic ring is 1. The molecule has 0 saturated heterocycles. The maximum atomic E-state index is 13.0. The summed E-state index contributed by atoms with van der Waals surface area (Å²) < 4.78 is 19.1. The fourth-order valence-corrected chi connectivity index (χ4v) is 2.27. The van der Waals surface area contributed by atoms with E-state index < -0.39 is 0 Å². The predicted octanol–water partition coefficient (Wildman–Crippen LogP) is 4.49. The highest BCUT2D eigenvalue weighted by atomic mass is 79.9. The van der Waals surface area contributed by atoms with Crippen LogP contribution in [0, 0.1) is 5.82 Å². The summed E-state index contributed by atoms with van der Waals surface area (Å²) in [5, 5.41) is 3.98. The van der Waals surface area contributed by atoms with Crippen LogP contribution >= 0.6 is 15.9 Å². The topological polar surface area (TPSA) is 52.0 Å². The Bertz CT molecular complexity index is 736. The summed E-state index contributed by atoms with van der Waals surface area (Å²) >= 11 is 3.39. The third kappa shape index (κ3) is 2.32. The fraction of sp³-hybridized carbons (Fsp3) is 0. The van der Waals surface area contributed by atoms with Gasteiger partial charge in [-0.25, -0.2) is 4.39 Å². The number of halogens is 2. The van der Waals surface area contributed by atoms with Crippen LogP contribution in [0.2, 0.25) is 0 Å². The number of hydrogen-bond acceptors (Lipinski definition) is 3. The van der Waals surface area contributed by atoms with Gasteiger partial charge in [0, 0.05) is 10.0 Å². The van der Waals surface area contributed by atoms with Gasteiger partial charge in [0.15, 0.2) is 0 Å². The molecule has 3 aromatic rings. The van der Waals surface area contributed by atoms with E-state index in [0.29, 0.717) is 11.3 Å². The number of benzene rings is 2. The van der Waals surface area contributed by atoms with Crippen molar-refractivity contribution in [2.75, 3.05) is 5.73 Å². The molecule has 0 radical (unpaired) electrons. The minimum Gasteiger partial charge on any atom is -0.367 e. The van der Waals surface area contributed by atoms with Crippen molar-refractivity contribution in [1.82, 2.24) is 5.16 Å². The molecule has 0 fully saturated rings. The average molecular weight is 333 g/mol. The summed E-state index contributed by atoms with van der Waals surface area (Å²) in [5.74, 6) is -0.0537. The fourth-order valence-electron chi connectivity index (χ4n) is 2.00. The summed E-state index contributed by atoms with van der Waals surface area (Å²) in [6, 6.07) is 13.7. The van der Waals surface area contributed by atoms with Crippen LogP contribution in [0.5, 0.6) is 0 Å². The Morgan fingerprint density at radius 1 is 0.950 bits per heavy atom. The van der Waals surface area contributed by atoms with Crippen molar-refractivity contribution in [3.05, 3.63) is 58.8 Å². The second-order valence-electron chi connectivity index (χ2n) is 4.28. The van der Waals surface area contributed by atoms with Crippen molar-refractivity contribution in [2.24, 2.45) is 0 Å². The van der Waals surface area contributed by atoms with Crippen molar-refractivity contribution in [3.8, 4) is 22.4 Å². The van der Waals surface area contributed by atoms with Gasteiger partial charge in [-0.2, -0.15) is 0 Å². The van der Waals surface area contributed by atoms with Gasteiger partial charge >= 0.3 is 0 Å². The molecular weight excluding hydrogens is 323 g/mol. The largest absolute Gasteiger partial charge is 0.367 e. The lowest BCUT2D eigenvalue weighted by Crippen LogP contribution is -1.88. The molecule has 0 aliphatic heterocycles. The van der Waals surface area contributed by atoms with Gasteiger partial charge in [-0.3, -0.25) is 0 Å². The third-order valence-electron chi connectivity index (χ3n) is 2.97. The van der Waals surface area contributed by atoms with Crippen molar-refractivity contribution in [2.45, 2.75) is 0 Å². The lowest BCUT2D eigenvalue weighted by Gasteiger charge is -2.03. The minimum atomic E-state index is -0.296. The SMILES string of the molecule is Nc1onc(-c2ccc(F)cc2)c1-c1ccc(Br)cc1. The van der Waals surface area contributed by atoms with Gasteiger partial charge in [-0.15, -0.1) is 0 Å². The van der Waals surface area contributed by atoms with Gasteiger partial charge in [0.2, 0.25) is 5.88 Å². The number of aromatic nitrogens is 1. The first-order chi connectivity index (χ1) is 9.65. The van der Waals surface area contributed by atoms with E-state index in [4.69, 9.17) is 10.3 Å². The second kappa shape index (κ2) is 5.09. The van der Waals surface area contributed by atoms with Crippen LogP contribution < -0.4 is 5.73 Å². The predicted molar refractivity (Wildman–Crippen MR) is 79.4 cm³/mol. The van der Waals surface area contributed by atoms with Crippen LogP contribution in [0.4, 0.5) is 10.3 Å². The van der Waals surface area contributed by atoms with Crippen LogP contribution in [-0.2, 0) is 0 Å². The molecule has 0 bridgehead atoms. The molecule has 0 aliphatic rings. The lowest BCUT2D eigenvalue weighted by atomic mass is 10.0. The van der Waals surface area contributed by atoms with E-state index >= 15 is 0 Å². The highest BCUT2D eigenvalue weighted by Gasteiger charge is 2.17. The number of nitrogens with zero attached hydrogens (tertiary/aromatic N) is 1. The van der Waals surface area contributed by atoms with Gasteiger partial charge in [-0.05, 0) is 42.0 Å². The summed E-state index contributed by atoms with van der Waals surface area (Å²) in [4.78, 5) is 0. The van der Waals surface area contributed by atoms with Crippen molar-refractivity contribution in [1.29, 1.82) is 0 Å². The van der Waals surface area contributed by atoms with E-state index in [9.17, 15) is 4.39 Å². The highest BCUT2D eigenvalue weighted by molar-refractivity contribution is 9.10. The first-order valence-electron chi connectivity index (χ1n) is 5.92. The highest BCUT2D eigenvalue weighted by Crippen LogP contribution is 2.36. The number of hydrogen-bond donors (Lipinski definition) is 1. The first kappa shape index (κ1) is 12.9. The first-order valence-corrected chi connectivity index (χ1v) is 6.71. The Hall–Kier alpha value is -2.14. The van der Waals surface area contributed by atoms with Crippen LogP contribution in [0.25, 0.3) is 22.4 Å². The molecule has 2 N–H and O–H groups in total. The Kier molecular flexibility index (Phi) is 3.28. The Morgan fingerprint density at radius 3 is 2.20 bits per heavy atom. The van der Waals surface area contributed by atoms with Gasteiger partial charge in [-0.1, -0.05) is 33.2 Å². The maximum absolute atomic E-state index is 13.0. The zero-order chi connectivity index (χ0) is 14.1. The van der Waals surface area contributed by atoms with Gasteiger partial charge in [0.05, 0.1) is 5.56 Å². The standard InChI is InChI=1S/C15H10BrFN2O/c16-11-5-1-9(2-6-11)13-14(19-20-15(13)18)10-3-7-12(17)8-4-10/h1-8H,18H2. The van der Waals surface area contributed by atoms with Crippen LogP contribution in [-0.4, -0.2) is 5.16 Å². The van der Waals surface area contributed by atoms with E-state index in [0.717, 1.165) is 15.6 Å². The average Bonchev–Trinajstić information content (AvgIpc) is 2.83. The molecule has 0 atom stereocenters. The molecule has 100 valence electrons. The molecule has 3 rings (SSSR count). The van der Waals surface area contributed by atoms with E-state index in [2.05, 4.69) is 21.1 Å². The van der Waals surface area contributed by atoms with Crippen molar-refractivity contribution in [3.63, 3.8) is 0 Å². The zero-order valence-electron chi connectivity index (χ0n) is 10.3. The molecule has 20 heavy (non-hydrogen) atoms. The minimum absolute atomic E-state index is 0.242. The van der Waals surface area contributed by atoms with Crippen LogP contribution in [0.1, 0.15) is 0 Å². The van der Waals surface area contributed by atoms with Gasteiger partial charge in [0.25, 0.3) is 0 Å². The van der Waals surface area contributed by atoms with Crippen LogP contribution in [0.3, 0.4) is 0 Å². The summed E-state index contributed by atoms with van der Waals surface area (Å²) in [7, 11) is 0. The normalized spacial score (nSPS) is 10.7. The van der Waals surface area contributed by atoms with Crippen molar-refractivity contribution < 1.29 is 8.91 Å². The summed E-state index contributed by atoms with van der Waals surface area (Å²) in [5.41, 5.74) is 8.83. The molecule has 2 aromatic carbocycles. The van der Waals surface area contributed by atoms with E-state index in [1.807, 2.05) is 24.3 Å². The quantitative estimate of drug-likeness (QED) is 0.752. The third-order valence-corrected chi connectivity index (χ3v) is 3.50. The number of nitrogens with two attached hydrogens (primary N) is 1. The molecule has 0 spiro atoms. The monoisotopic (exact) mass is 332 g/mol. The zero-order valence-corrected chi connectivity index (χ0v) is 11.9. The van der Waals surface area contributed by atoms with Crippen LogP contribution in [0.15, 0.2) is 57.5 Å². The Balaban J connectivity index is 2.14. The molecule has 0 unspecified atom stereocenters. The molecular formula is C15H10BrFN2O. The summed E-state index contributed by atoms with van der Waals surface area (Å²) in [6.45, 7) is 0. The molecule has 0 saturated carbocycles. The molecule has 0 amide bonds. The Labute approximate surface area is 123 Å². The van der Waals surface area contributed by atoms with Crippen molar-refractivity contribution >= 4 is 21.8 Å². The van der Waals surface area contributed by atoms with Gasteiger partial charge < -0.3 is 10.3 Å². The molecule has 3 nitrogen and oxygen atoms in total. The Morgan fingerprint density at radius 2 is 1.55 bits per heavy atom. The van der Waals surface area contributed by atoms with E-state index in [-0.39, 0.29) is 11.7 Å². The molecule has 0 aliphatic carbocycles. The summed E-state index contributed by atoms with van der Waals surface area (Å²) in [6.07, 6.45) is 0. The van der Waals surface area contributed by atoms with Gasteiger partial charge in [0.1, 0.15) is 11.5 Å².